The molecule has 0 saturated carbocycles. The Labute approximate surface area is 119 Å². The van der Waals surface area contributed by atoms with Crippen molar-refractivity contribution in [2.24, 2.45) is 0 Å². The number of hydrogen-bond acceptors (Lipinski definition) is 2. The molecule has 0 saturated heterocycles. The van der Waals surface area contributed by atoms with Gasteiger partial charge in [-0.3, -0.25) is 4.90 Å². The van der Waals surface area contributed by atoms with E-state index in [0.717, 1.165) is 12.1 Å². The van der Waals surface area contributed by atoms with E-state index in [2.05, 4.69) is 24.0 Å². The van der Waals surface area contributed by atoms with Gasteiger partial charge in [0.25, 0.3) is 0 Å². The molecule has 3 heteroatoms. The summed E-state index contributed by atoms with van der Waals surface area (Å²) in [6.07, 6.45) is 0. The van der Waals surface area contributed by atoms with Crippen LogP contribution in [-0.2, 0) is 13.1 Å². The quantitative estimate of drug-likeness (QED) is 0.846. The van der Waals surface area contributed by atoms with Crippen LogP contribution in [0.1, 0.15) is 22.3 Å². The Hall–Kier alpha value is -2.18. The van der Waals surface area contributed by atoms with E-state index in [1.54, 1.807) is 12.1 Å². The molecule has 0 radical (unpaired) electrons. The Kier molecular flexibility index (Phi) is 4.49. The van der Waals surface area contributed by atoms with E-state index in [0.29, 0.717) is 6.54 Å². The van der Waals surface area contributed by atoms with Crippen LogP contribution < -0.4 is 0 Å². The van der Waals surface area contributed by atoms with Crippen LogP contribution in [0.15, 0.2) is 42.5 Å². The highest BCUT2D eigenvalue weighted by Gasteiger charge is 2.07. The second-order valence-corrected chi connectivity index (χ2v) is 5.02. The van der Waals surface area contributed by atoms with Crippen LogP contribution >= 0.6 is 0 Å². The number of hydrogen-bond donors (Lipinski definition) is 0. The molecule has 0 aromatic heterocycles. The second-order valence-electron chi connectivity index (χ2n) is 5.02. The summed E-state index contributed by atoms with van der Waals surface area (Å²) in [5.41, 5.74) is 3.58. The highest BCUT2D eigenvalue weighted by molar-refractivity contribution is 5.34. The minimum atomic E-state index is -0.460. The summed E-state index contributed by atoms with van der Waals surface area (Å²) in [5.74, 6) is -0.460. The number of halogens is 1. The fraction of sp³-hybridized carbons (Fsp3) is 0.235. The first-order valence-electron chi connectivity index (χ1n) is 6.51. The fourth-order valence-corrected chi connectivity index (χ4v) is 2.20. The predicted molar refractivity (Wildman–Crippen MR) is 77.5 cm³/mol. The number of aryl methyl sites for hydroxylation is 1. The molecule has 0 bridgehead atoms. The van der Waals surface area contributed by atoms with Crippen molar-refractivity contribution in [1.29, 1.82) is 5.26 Å². The maximum atomic E-state index is 13.3. The van der Waals surface area contributed by atoms with Crippen molar-refractivity contribution in [3.63, 3.8) is 0 Å². The van der Waals surface area contributed by atoms with Gasteiger partial charge in [-0.05, 0) is 42.8 Å². The molecule has 0 aliphatic heterocycles. The third kappa shape index (κ3) is 3.43. The minimum absolute atomic E-state index is 0.104. The van der Waals surface area contributed by atoms with Crippen LogP contribution in [0.4, 0.5) is 4.39 Å². The Morgan fingerprint density at radius 1 is 1.15 bits per heavy atom. The molecular weight excluding hydrogens is 251 g/mol. The van der Waals surface area contributed by atoms with Gasteiger partial charge < -0.3 is 0 Å². The number of rotatable bonds is 4. The molecule has 2 aromatic carbocycles. The predicted octanol–water partition coefficient (Wildman–Crippen LogP) is 3.64. The van der Waals surface area contributed by atoms with Gasteiger partial charge in [-0.25, -0.2) is 4.39 Å². The second kappa shape index (κ2) is 6.31. The molecule has 102 valence electrons. The van der Waals surface area contributed by atoms with E-state index in [9.17, 15) is 4.39 Å². The Bertz CT molecular complexity index is 644. The molecule has 0 fully saturated rings. The van der Waals surface area contributed by atoms with Crippen molar-refractivity contribution >= 4 is 0 Å². The number of nitrogens with zero attached hydrogens (tertiary/aromatic N) is 2. The summed E-state index contributed by atoms with van der Waals surface area (Å²) in [6.45, 7) is 3.60. The average molecular weight is 268 g/mol. The zero-order valence-electron chi connectivity index (χ0n) is 11.7. The van der Waals surface area contributed by atoms with E-state index in [1.807, 2.05) is 25.2 Å². The van der Waals surface area contributed by atoms with Crippen molar-refractivity contribution in [3.05, 3.63) is 70.5 Å². The number of nitriles is 1. The molecule has 0 heterocycles. The van der Waals surface area contributed by atoms with Crippen molar-refractivity contribution in [1.82, 2.24) is 4.90 Å². The normalized spacial score (nSPS) is 10.6. The number of benzene rings is 2. The SMILES string of the molecule is Cc1ccccc1CN(C)Cc1ccc(F)c(C#N)c1. The van der Waals surface area contributed by atoms with Crippen LogP contribution in [0, 0.1) is 24.1 Å². The summed E-state index contributed by atoms with van der Waals surface area (Å²) >= 11 is 0. The summed E-state index contributed by atoms with van der Waals surface area (Å²) < 4.78 is 13.3. The van der Waals surface area contributed by atoms with Gasteiger partial charge in [0.1, 0.15) is 11.9 Å². The van der Waals surface area contributed by atoms with Crippen molar-refractivity contribution in [2.45, 2.75) is 20.0 Å². The average Bonchev–Trinajstić information content (AvgIpc) is 2.43. The van der Waals surface area contributed by atoms with Gasteiger partial charge in [0.05, 0.1) is 5.56 Å². The van der Waals surface area contributed by atoms with E-state index < -0.39 is 5.82 Å². The fourth-order valence-electron chi connectivity index (χ4n) is 2.20. The summed E-state index contributed by atoms with van der Waals surface area (Å²) in [6, 6.07) is 14.8. The first-order valence-corrected chi connectivity index (χ1v) is 6.51. The van der Waals surface area contributed by atoms with E-state index in [4.69, 9.17) is 5.26 Å². The molecule has 20 heavy (non-hydrogen) atoms. The molecule has 0 aliphatic carbocycles. The smallest absolute Gasteiger partial charge is 0.140 e. The van der Waals surface area contributed by atoms with Gasteiger partial charge in [0.15, 0.2) is 0 Å². The molecule has 0 spiro atoms. The first-order chi connectivity index (χ1) is 9.60. The van der Waals surface area contributed by atoms with Crippen LogP contribution in [0.25, 0.3) is 0 Å². The molecule has 0 amide bonds. The van der Waals surface area contributed by atoms with Crippen molar-refractivity contribution in [3.8, 4) is 6.07 Å². The highest BCUT2D eigenvalue weighted by atomic mass is 19.1. The highest BCUT2D eigenvalue weighted by Crippen LogP contribution is 2.14. The molecule has 0 N–H and O–H groups in total. The maximum absolute atomic E-state index is 13.3. The largest absolute Gasteiger partial charge is 0.298 e. The third-order valence-electron chi connectivity index (χ3n) is 3.31. The third-order valence-corrected chi connectivity index (χ3v) is 3.31. The monoisotopic (exact) mass is 268 g/mol. The zero-order chi connectivity index (χ0) is 14.5. The Morgan fingerprint density at radius 3 is 2.60 bits per heavy atom. The van der Waals surface area contributed by atoms with Gasteiger partial charge in [-0.15, -0.1) is 0 Å². The molecule has 0 unspecified atom stereocenters. The molecular formula is C17H17FN2. The minimum Gasteiger partial charge on any atom is -0.298 e. The zero-order valence-corrected chi connectivity index (χ0v) is 11.7. The molecule has 0 aliphatic rings. The van der Waals surface area contributed by atoms with Gasteiger partial charge in [-0.1, -0.05) is 30.3 Å². The van der Waals surface area contributed by atoms with Gasteiger partial charge in [0.2, 0.25) is 0 Å². The van der Waals surface area contributed by atoms with E-state index in [1.165, 1.54) is 17.2 Å². The molecule has 2 aromatic rings. The van der Waals surface area contributed by atoms with Crippen LogP contribution in [0.2, 0.25) is 0 Å². The lowest BCUT2D eigenvalue weighted by Gasteiger charge is -2.18. The first kappa shape index (κ1) is 14.2. The summed E-state index contributed by atoms with van der Waals surface area (Å²) in [7, 11) is 2.02. The van der Waals surface area contributed by atoms with Gasteiger partial charge in [-0.2, -0.15) is 5.26 Å². The summed E-state index contributed by atoms with van der Waals surface area (Å²) in [5, 5.41) is 8.84. The van der Waals surface area contributed by atoms with E-state index in [-0.39, 0.29) is 5.56 Å². The molecule has 2 nitrogen and oxygen atoms in total. The lowest BCUT2D eigenvalue weighted by atomic mass is 10.1. The standard InChI is InChI=1S/C17H17FN2/c1-13-5-3-4-6-15(13)12-20(2)11-14-7-8-17(18)16(9-14)10-19/h3-9H,11-12H2,1-2H3. The molecule has 2 rings (SSSR count). The van der Waals surface area contributed by atoms with E-state index >= 15 is 0 Å². The Morgan fingerprint density at radius 2 is 1.90 bits per heavy atom. The lowest BCUT2D eigenvalue weighted by Crippen LogP contribution is -2.18. The van der Waals surface area contributed by atoms with Gasteiger partial charge in [0, 0.05) is 13.1 Å². The maximum Gasteiger partial charge on any atom is 0.140 e. The van der Waals surface area contributed by atoms with Crippen LogP contribution in [0.5, 0.6) is 0 Å². The lowest BCUT2D eigenvalue weighted by molar-refractivity contribution is 0.318. The van der Waals surface area contributed by atoms with Crippen LogP contribution in [0.3, 0.4) is 0 Å². The van der Waals surface area contributed by atoms with Crippen LogP contribution in [-0.4, -0.2) is 11.9 Å². The Balaban J connectivity index is 2.07. The molecule has 0 atom stereocenters. The summed E-state index contributed by atoms with van der Waals surface area (Å²) in [4.78, 5) is 2.15. The van der Waals surface area contributed by atoms with Gasteiger partial charge >= 0.3 is 0 Å². The van der Waals surface area contributed by atoms with Crippen molar-refractivity contribution < 1.29 is 4.39 Å². The van der Waals surface area contributed by atoms with Crippen molar-refractivity contribution in [2.75, 3.05) is 7.05 Å². The topological polar surface area (TPSA) is 27.0 Å².